The number of aromatic nitrogens is 2. The van der Waals surface area contributed by atoms with Crippen LogP contribution in [-0.2, 0) is 11.3 Å². The molecule has 1 atom stereocenters. The highest BCUT2D eigenvalue weighted by atomic mass is 35.5. The normalized spacial score (nSPS) is 13.1. The third-order valence-corrected chi connectivity index (χ3v) is 3.76. The van der Waals surface area contributed by atoms with E-state index < -0.39 is 0 Å². The molecule has 0 saturated carbocycles. The van der Waals surface area contributed by atoms with Gasteiger partial charge >= 0.3 is 0 Å². The van der Waals surface area contributed by atoms with Gasteiger partial charge in [0, 0.05) is 31.2 Å². The zero-order valence-electron chi connectivity index (χ0n) is 11.8. The molecule has 2 rings (SSSR count). The fourth-order valence-corrected chi connectivity index (χ4v) is 2.45. The van der Waals surface area contributed by atoms with E-state index in [9.17, 15) is 0 Å². The summed E-state index contributed by atoms with van der Waals surface area (Å²) in [5.41, 5.74) is 2.15. The summed E-state index contributed by atoms with van der Waals surface area (Å²) in [7, 11) is 1.74. The summed E-state index contributed by atoms with van der Waals surface area (Å²) in [5, 5.41) is 0.741. The minimum absolute atomic E-state index is 0.453. The molecule has 1 aromatic heterocycles. The van der Waals surface area contributed by atoms with Crippen LogP contribution in [0.2, 0.25) is 5.02 Å². The second kappa shape index (κ2) is 6.40. The zero-order chi connectivity index (χ0) is 13.8. The average molecular weight is 281 g/mol. The van der Waals surface area contributed by atoms with Gasteiger partial charge in [-0.3, -0.25) is 0 Å². The van der Waals surface area contributed by atoms with Crippen molar-refractivity contribution in [3.8, 4) is 0 Å². The monoisotopic (exact) mass is 280 g/mol. The van der Waals surface area contributed by atoms with Crippen LogP contribution < -0.4 is 0 Å². The molecule has 104 valence electrons. The summed E-state index contributed by atoms with van der Waals surface area (Å²) >= 11 is 6.05. The molecular formula is C15H21ClN2O. The van der Waals surface area contributed by atoms with Crippen LogP contribution >= 0.6 is 11.6 Å². The molecule has 0 radical (unpaired) electrons. The van der Waals surface area contributed by atoms with Crippen LogP contribution in [0.1, 0.15) is 38.4 Å². The van der Waals surface area contributed by atoms with Gasteiger partial charge in [-0.05, 0) is 31.0 Å². The number of imidazole rings is 1. The summed E-state index contributed by atoms with van der Waals surface area (Å²) in [4.78, 5) is 4.76. The third kappa shape index (κ3) is 3.10. The Labute approximate surface area is 119 Å². The van der Waals surface area contributed by atoms with Crippen molar-refractivity contribution in [1.29, 1.82) is 0 Å². The van der Waals surface area contributed by atoms with Gasteiger partial charge in [-0.15, -0.1) is 0 Å². The van der Waals surface area contributed by atoms with Crippen molar-refractivity contribution in [3.63, 3.8) is 0 Å². The lowest BCUT2D eigenvalue weighted by molar-refractivity contribution is 0.190. The van der Waals surface area contributed by atoms with Gasteiger partial charge in [0.2, 0.25) is 0 Å². The molecule has 0 aliphatic carbocycles. The molecule has 0 bridgehead atoms. The van der Waals surface area contributed by atoms with Crippen LogP contribution in [0, 0.1) is 0 Å². The number of nitrogens with zero attached hydrogens (tertiary/aromatic N) is 2. The van der Waals surface area contributed by atoms with E-state index in [0.717, 1.165) is 47.9 Å². The lowest BCUT2D eigenvalue weighted by atomic mass is 10.1. The first-order chi connectivity index (χ1) is 9.17. The predicted octanol–water partition coefficient (Wildman–Crippen LogP) is 4.24. The molecule has 0 aliphatic heterocycles. The topological polar surface area (TPSA) is 27.1 Å². The summed E-state index contributed by atoms with van der Waals surface area (Å²) < 4.78 is 7.45. The Morgan fingerprint density at radius 2 is 2.21 bits per heavy atom. The molecule has 1 aromatic carbocycles. The SMILES string of the molecule is CCC(C)c1nc2cc(Cl)ccc2n1CCCOC. The Morgan fingerprint density at radius 1 is 1.42 bits per heavy atom. The molecule has 0 fully saturated rings. The number of aryl methyl sites for hydroxylation is 1. The van der Waals surface area contributed by atoms with E-state index in [1.807, 2.05) is 12.1 Å². The third-order valence-electron chi connectivity index (χ3n) is 3.52. The van der Waals surface area contributed by atoms with Crippen molar-refractivity contribution in [2.45, 2.75) is 39.2 Å². The second-order valence-corrected chi connectivity index (χ2v) is 5.35. The van der Waals surface area contributed by atoms with Crippen LogP contribution in [0.25, 0.3) is 11.0 Å². The average Bonchev–Trinajstić information content (AvgIpc) is 2.76. The Kier molecular flexibility index (Phi) is 4.83. The molecule has 2 aromatic rings. The Hall–Kier alpha value is -1.06. The molecule has 0 saturated heterocycles. The van der Waals surface area contributed by atoms with Gasteiger partial charge in [-0.1, -0.05) is 25.4 Å². The lowest BCUT2D eigenvalue weighted by Crippen LogP contribution is -2.08. The molecule has 1 unspecified atom stereocenters. The van der Waals surface area contributed by atoms with Gasteiger partial charge in [-0.2, -0.15) is 0 Å². The molecule has 19 heavy (non-hydrogen) atoms. The first-order valence-electron chi connectivity index (χ1n) is 6.82. The van der Waals surface area contributed by atoms with Crippen LogP contribution in [0.4, 0.5) is 0 Å². The Balaban J connectivity index is 2.42. The van der Waals surface area contributed by atoms with E-state index in [-0.39, 0.29) is 0 Å². The molecule has 4 heteroatoms. The molecule has 0 aliphatic rings. The van der Waals surface area contributed by atoms with Crippen molar-refractivity contribution >= 4 is 22.6 Å². The molecule has 0 amide bonds. The summed E-state index contributed by atoms with van der Waals surface area (Å²) in [6, 6.07) is 5.93. The highest BCUT2D eigenvalue weighted by Gasteiger charge is 2.15. The smallest absolute Gasteiger partial charge is 0.112 e. The fraction of sp³-hybridized carbons (Fsp3) is 0.533. The van der Waals surface area contributed by atoms with Gasteiger partial charge in [0.1, 0.15) is 5.82 Å². The highest BCUT2D eigenvalue weighted by Crippen LogP contribution is 2.26. The Morgan fingerprint density at radius 3 is 2.89 bits per heavy atom. The van der Waals surface area contributed by atoms with Gasteiger partial charge in [0.15, 0.2) is 0 Å². The van der Waals surface area contributed by atoms with Crippen molar-refractivity contribution in [1.82, 2.24) is 9.55 Å². The standard InChI is InChI=1S/C15H21ClN2O/c1-4-11(2)15-17-13-10-12(16)6-7-14(13)18(15)8-5-9-19-3/h6-7,10-11H,4-5,8-9H2,1-3H3. The van der Waals surface area contributed by atoms with Crippen molar-refractivity contribution < 1.29 is 4.74 Å². The number of benzene rings is 1. The highest BCUT2D eigenvalue weighted by molar-refractivity contribution is 6.31. The maximum absolute atomic E-state index is 6.05. The lowest BCUT2D eigenvalue weighted by Gasteiger charge is -2.13. The molecule has 3 nitrogen and oxygen atoms in total. The largest absolute Gasteiger partial charge is 0.385 e. The number of fused-ring (bicyclic) bond motifs is 1. The van der Waals surface area contributed by atoms with E-state index in [2.05, 4.69) is 24.5 Å². The molecule has 1 heterocycles. The van der Waals surface area contributed by atoms with Crippen LogP contribution in [0.15, 0.2) is 18.2 Å². The fourth-order valence-electron chi connectivity index (χ4n) is 2.28. The van der Waals surface area contributed by atoms with Crippen LogP contribution in [-0.4, -0.2) is 23.3 Å². The number of methoxy groups -OCH3 is 1. The first kappa shape index (κ1) is 14.4. The zero-order valence-corrected chi connectivity index (χ0v) is 12.6. The molecule has 0 N–H and O–H groups in total. The van der Waals surface area contributed by atoms with E-state index in [1.165, 1.54) is 0 Å². The van der Waals surface area contributed by atoms with E-state index >= 15 is 0 Å². The minimum Gasteiger partial charge on any atom is -0.385 e. The summed E-state index contributed by atoms with van der Waals surface area (Å²) in [6.07, 6.45) is 2.08. The van der Waals surface area contributed by atoms with Gasteiger partial charge in [0.25, 0.3) is 0 Å². The quantitative estimate of drug-likeness (QED) is 0.740. The van der Waals surface area contributed by atoms with Crippen molar-refractivity contribution in [2.24, 2.45) is 0 Å². The minimum atomic E-state index is 0.453. The summed E-state index contributed by atoms with van der Waals surface area (Å²) in [6.45, 7) is 6.12. The first-order valence-corrected chi connectivity index (χ1v) is 7.19. The number of hydrogen-bond acceptors (Lipinski definition) is 2. The van der Waals surface area contributed by atoms with Gasteiger partial charge in [0.05, 0.1) is 11.0 Å². The predicted molar refractivity (Wildman–Crippen MR) is 79.9 cm³/mol. The Bertz CT molecular complexity index is 550. The number of halogens is 1. The maximum atomic E-state index is 6.05. The van der Waals surface area contributed by atoms with Crippen molar-refractivity contribution in [3.05, 3.63) is 29.0 Å². The van der Waals surface area contributed by atoms with E-state index in [1.54, 1.807) is 7.11 Å². The van der Waals surface area contributed by atoms with E-state index in [4.69, 9.17) is 21.3 Å². The second-order valence-electron chi connectivity index (χ2n) is 4.91. The van der Waals surface area contributed by atoms with Gasteiger partial charge in [-0.25, -0.2) is 4.98 Å². The molecule has 0 spiro atoms. The van der Waals surface area contributed by atoms with Crippen molar-refractivity contribution in [2.75, 3.05) is 13.7 Å². The van der Waals surface area contributed by atoms with E-state index in [0.29, 0.717) is 5.92 Å². The maximum Gasteiger partial charge on any atom is 0.112 e. The van der Waals surface area contributed by atoms with Gasteiger partial charge < -0.3 is 9.30 Å². The number of ether oxygens (including phenoxy) is 1. The van der Waals surface area contributed by atoms with Crippen LogP contribution in [0.5, 0.6) is 0 Å². The number of hydrogen-bond donors (Lipinski definition) is 0. The molecular weight excluding hydrogens is 260 g/mol. The summed E-state index contributed by atoms with van der Waals surface area (Å²) in [5.74, 6) is 1.60. The van der Waals surface area contributed by atoms with Crippen LogP contribution in [0.3, 0.4) is 0 Å². The number of rotatable bonds is 6.